The van der Waals surface area contributed by atoms with E-state index in [0.717, 1.165) is 12.3 Å². The zero-order chi connectivity index (χ0) is 19.5. The van der Waals surface area contributed by atoms with E-state index in [1.54, 1.807) is 0 Å². The zero-order valence-corrected chi connectivity index (χ0v) is 17.9. The Bertz CT molecular complexity index is 381. The van der Waals surface area contributed by atoms with Gasteiger partial charge in [-0.3, -0.25) is 0 Å². The van der Waals surface area contributed by atoms with Crippen molar-refractivity contribution in [1.82, 2.24) is 4.90 Å². The first-order chi connectivity index (χ1) is 12.2. The van der Waals surface area contributed by atoms with E-state index in [4.69, 9.17) is 0 Å². The van der Waals surface area contributed by atoms with Gasteiger partial charge in [0.05, 0.1) is 0 Å². The summed E-state index contributed by atoms with van der Waals surface area (Å²) in [4.78, 5) is 2.58. The molecule has 0 radical (unpaired) electrons. The highest BCUT2D eigenvalue weighted by Crippen LogP contribution is 2.26. The SMILES string of the molecule is C1CN2CCC1CC2.C=C/C(=C\C)C/C(C=C)=C/C=C\C.CC.CC. The monoisotopic (exact) mass is 345 g/mol. The minimum atomic E-state index is 0.911. The average Bonchev–Trinajstić information content (AvgIpc) is 2.73. The van der Waals surface area contributed by atoms with Crippen LogP contribution in [0.15, 0.2) is 60.8 Å². The molecule has 144 valence electrons. The topological polar surface area (TPSA) is 3.24 Å². The van der Waals surface area contributed by atoms with Crippen molar-refractivity contribution in [1.29, 1.82) is 0 Å². The first kappa shape index (κ1) is 25.9. The molecule has 0 aromatic heterocycles. The van der Waals surface area contributed by atoms with Gasteiger partial charge in [0.25, 0.3) is 0 Å². The van der Waals surface area contributed by atoms with Crippen LogP contribution in [0.25, 0.3) is 0 Å². The third-order valence-electron chi connectivity index (χ3n) is 4.37. The number of rotatable bonds is 5. The summed E-state index contributed by atoms with van der Waals surface area (Å²) in [6, 6.07) is 0. The van der Waals surface area contributed by atoms with Crippen molar-refractivity contribution in [3.8, 4) is 0 Å². The molecule has 0 atom stereocenters. The summed E-state index contributed by atoms with van der Waals surface area (Å²) >= 11 is 0. The molecule has 0 aromatic carbocycles. The van der Waals surface area contributed by atoms with E-state index in [-0.39, 0.29) is 0 Å². The van der Waals surface area contributed by atoms with Crippen molar-refractivity contribution in [2.75, 3.05) is 19.6 Å². The lowest BCUT2D eigenvalue weighted by Gasteiger charge is -2.38. The van der Waals surface area contributed by atoms with Gasteiger partial charge in [0, 0.05) is 0 Å². The predicted molar refractivity (Wildman–Crippen MR) is 118 cm³/mol. The Hall–Kier alpha value is -1.34. The summed E-state index contributed by atoms with van der Waals surface area (Å²) in [5, 5.41) is 0. The Kier molecular flexibility index (Phi) is 19.7. The van der Waals surface area contributed by atoms with E-state index >= 15 is 0 Å². The number of hydrogen-bond acceptors (Lipinski definition) is 1. The molecule has 0 amide bonds. The second kappa shape index (κ2) is 19.0. The Morgan fingerprint density at radius 1 is 0.880 bits per heavy atom. The molecule has 3 saturated heterocycles. The smallest absolute Gasteiger partial charge is 0.00161 e. The molecule has 0 unspecified atom stereocenters. The van der Waals surface area contributed by atoms with Crippen LogP contribution < -0.4 is 0 Å². The van der Waals surface area contributed by atoms with Gasteiger partial charge in [-0.05, 0) is 76.2 Å². The van der Waals surface area contributed by atoms with Gasteiger partial charge >= 0.3 is 0 Å². The molecular formula is C24H43N. The number of hydrogen-bond donors (Lipinski definition) is 0. The van der Waals surface area contributed by atoms with Gasteiger partial charge in [-0.15, -0.1) is 0 Å². The summed E-state index contributed by atoms with van der Waals surface area (Å²) in [7, 11) is 0. The minimum Gasteiger partial charge on any atom is -0.303 e. The van der Waals surface area contributed by atoms with Crippen LogP contribution in [0.5, 0.6) is 0 Å². The Morgan fingerprint density at radius 3 is 1.60 bits per heavy atom. The maximum atomic E-state index is 3.77. The van der Waals surface area contributed by atoms with Gasteiger partial charge in [0.2, 0.25) is 0 Å². The summed E-state index contributed by atoms with van der Waals surface area (Å²) in [6.45, 7) is 23.7. The highest BCUT2D eigenvalue weighted by molar-refractivity contribution is 5.31. The van der Waals surface area contributed by atoms with E-state index in [1.165, 1.54) is 50.0 Å². The zero-order valence-electron chi connectivity index (χ0n) is 17.9. The molecule has 1 heteroatoms. The largest absolute Gasteiger partial charge is 0.303 e. The van der Waals surface area contributed by atoms with Crippen molar-refractivity contribution in [2.24, 2.45) is 5.92 Å². The predicted octanol–water partition coefficient (Wildman–Crippen LogP) is 7.35. The number of nitrogens with zero attached hydrogens (tertiary/aromatic N) is 1. The summed E-state index contributed by atoms with van der Waals surface area (Å²) in [5.41, 5.74) is 2.45. The quantitative estimate of drug-likeness (QED) is 0.471. The molecule has 25 heavy (non-hydrogen) atoms. The lowest BCUT2D eigenvalue weighted by atomic mass is 9.89. The molecule has 3 fully saturated rings. The van der Waals surface area contributed by atoms with Gasteiger partial charge in [0.1, 0.15) is 0 Å². The van der Waals surface area contributed by atoms with Crippen molar-refractivity contribution in [3.63, 3.8) is 0 Å². The van der Waals surface area contributed by atoms with Crippen molar-refractivity contribution in [2.45, 2.75) is 67.2 Å². The van der Waals surface area contributed by atoms with Crippen LogP contribution in [0.4, 0.5) is 0 Å². The van der Waals surface area contributed by atoms with Gasteiger partial charge in [-0.2, -0.15) is 0 Å². The first-order valence-corrected chi connectivity index (χ1v) is 10.2. The maximum absolute atomic E-state index is 3.77. The molecule has 0 N–H and O–H groups in total. The molecule has 3 aliphatic heterocycles. The van der Waals surface area contributed by atoms with E-state index < -0.39 is 0 Å². The van der Waals surface area contributed by atoms with Crippen molar-refractivity contribution < 1.29 is 0 Å². The third-order valence-corrected chi connectivity index (χ3v) is 4.37. The van der Waals surface area contributed by atoms with Crippen molar-refractivity contribution >= 4 is 0 Å². The third kappa shape index (κ3) is 12.6. The maximum Gasteiger partial charge on any atom is -0.00161 e. The summed E-state index contributed by atoms with van der Waals surface area (Å²) in [5.74, 6) is 1.11. The van der Waals surface area contributed by atoms with Gasteiger partial charge in [0.15, 0.2) is 0 Å². The second-order valence-electron chi connectivity index (χ2n) is 5.79. The molecule has 0 aromatic rings. The van der Waals surface area contributed by atoms with Crippen LogP contribution in [0.3, 0.4) is 0 Å². The highest BCUT2D eigenvalue weighted by Gasteiger charge is 2.24. The van der Waals surface area contributed by atoms with Gasteiger partial charge in [-0.25, -0.2) is 0 Å². The molecule has 1 nitrogen and oxygen atoms in total. The standard InChI is InChI=1S/C13H18.C7H13N.2C2H6/c1-5-9-10-13(8-4)11-12(6-2)7-3;1-4-8-5-2-7(1)3-6-8;2*1-2/h5-10H,2,4,11H2,1,3H3;7H,1-6H2;2*1-2H3/b9-5-,12-7+,13-10+;;;. The lowest BCUT2D eigenvalue weighted by molar-refractivity contribution is 0.111. The van der Waals surface area contributed by atoms with Gasteiger partial charge < -0.3 is 4.90 Å². The highest BCUT2D eigenvalue weighted by atomic mass is 15.1. The van der Waals surface area contributed by atoms with Crippen LogP contribution in [0.1, 0.15) is 67.2 Å². The molecule has 2 bridgehead atoms. The number of piperidine rings is 3. The van der Waals surface area contributed by atoms with Crippen LogP contribution in [-0.4, -0.2) is 24.5 Å². The van der Waals surface area contributed by atoms with Gasteiger partial charge in [-0.1, -0.05) is 77.3 Å². The van der Waals surface area contributed by atoms with E-state index in [9.17, 15) is 0 Å². The fraction of sp³-hybridized carbons (Fsp3) is 0.583. The van der Waals surface area contributed by atoms with Crippen LogP contribution in [-0.2, 0) is 0 Å². The number of allylic oxidation sites excluding steroid dienone is 8. The first-order valence-electron chi connectivity index (χ1n) is 10.2. The van der Waals surface area contributed by atoms with E-state index in [1.807, 2.05) is 65.8 Å². The number of fused-ring (bicyclic) bond motifs is 3. The Balaban J connectivity index is 0. The fourth-order valence-corrected chi connectivity index (χ4v) is 2.81. The summed E-state index contributed by atoms with van der Waals surface area (Å²) < 4.78 is 0. The van der Waals surface area contributed by atoms with Crippen LogP contribution in [0.2, 0.25) is 0 Å². The molecule has 3 aliphatic rings. The Labute approximate surface area is 158 Å². The average molecular weight is 346 g/mol. The molecular weight excluding hydrogens is 302 g/mol. The molecule has 3 rings (SSSR count). The normalized spacial score (nSPS) is 21.8. The lowest BCUT2D eigenvalue weighted by Crippen LogP contribution is -2.41. The summed E-state index contributed by atoms with van der Waals surface area (Å²) in [6.07, 6.45) is 17.3. The fourth-order valence-electron chi connectivity index (χ4n) is 2.81. The van der Waals surface area contributed by atoms with Crippen molar-refractivity contribution in [3.05, 3.63) is 60.8 Å². The van der Waals surface area contributed by atoms with E-state index in [2.05, 4.69) is 30.2 Å². The van der Waals surface area contributed by atoms with E-state index in [0.29, 0.717) is 0 Å². The molecule has 0 aliphatic carbocycles. The molecule has 0 saturated carbocycles. The minimum absolute atomic E-state index is 0.911. The Morgan fingerprint density at radius 2 is 1.36 bits per heavy atom. The molecule has 3 heterocycles. The second-order valence-corrected chi connectivity index (χ2v) is 5.79. The van der Waals surface area contributed by atoms with Crippen LogP contribution in [0, 0.1) is 5.92 Å². The van der Waals surface area contributed by atoms with Crippen LogP contribution >= 0.6 is 0 Å². The molecule has 0 spiro atoms.